The maximum Gasteiger partial charge on any atom is 0.224 e. The van der Waals surface area contributed by atoms with Crippen LogP contribution in [0.25, 0.3) is 0 Å². The molecule has 0 fully saturated rings. The number of hydrogen-bond acceptors (Lipinski definition) is 3. The van der Waals surface area contributed by atoms with Gasteiger partial charge in [0.25, 0.3) is 0 Å². The van der Waals surface area contributed by atoms with Crippen LogP contribution in [0.15, 0.2) is 18.2 Å². The van der Waals surface area contributed by atoms with E-state index in [2.05, 4.69) is 5.32 Å². The summed E-state index contributed by atoms with van der Waals surface area (Å²) in [7, 11) is -3.21. The number of benzene rings is 1. The van der Waals surface area contributed by atoms with E-state index in [1.54, 1.807) is 13.0 Å². The van der Waals surface area contributed by atoms with Crippen LogP contribution in [-0.2, 0) is 21.1 Å². The highest BCUT2D eigenvalue weighted by atomic mass is 32.2. The Morgan fingerprint density at radius 2 is 2.14 bits per heavy atom. The lowest BCUT2D eigenvalue weighted by Gasteiger charge is -2.33. The third kappa shape index (κ3) is 3.85. The van der Waals surface area contributed by atoms with Crippen molar-refractivity contribution in [2.75, 3.05) is 12.0 Å². The highest BCUT2D eigenvalue weighted by Gasteiger charge is 2.31. The first kappa shape index (κ1) is 16.9. The topological polar surface area (TPSA) is 63.2 Å². The molecule has 0 radical (unpaired) electrons. The van der Waals surface area contributed by atoms with Crippen LogP contribution in [0.5, 0.6) is 0 Å². The van der Waals surface area contributed by atoms with E-state index < -0.39 is 15.8 Å². The summed E-state index contributed by atoms with van der Waals surface area (Å²) < 4.78 is 36.5. The molecule has 0 aliphatic heterocycles. The van der Waals surface area contributed by atoms with Gasteiger partial charge in [0.05, 0.1) is 11.8 Å². The molecule has 1 aromatic carbocycles. The Morgan fingerprint density at radius 1 is 1.45 bits per heavy atom. The quantitative estimate of drug-likeness (QED) is 0.922. The Bertz CT molecular complexity index is 672. The molecule has 4 nitrogen and oxygen atoms in total. The monoisotopic (exact) mass is 327 g/mol. The summed E-state index contributed by atoms with van der Waals surface area (Å²) in [6.45, 7) is 3.61. The van der Waals surface area contributed by atoms with Crippen molar-refractivity contribution in [3.63, 3.8) is 0 Å². The maximum atomic E-state index is 13.9. The third-order valence-corrected chi connectivity index (χ3v) is 5.31. The number of amides is 1. The van der Waals surface area contributed by atoms with Gasteiger partial charge in [0.2, 0.25) is 5.91 Å². The molecule has 3 atom stereocenters. The van der Waals surface area contributed by atoms with Crippen molar-refractivity contribution in [2.24, 2.45) is 11.8 Å². The summed E-state index contributed by atoms with van der Waals surface area (Å²) >= 11 is 0. The van der Waals surface area contributed by atoms with Gasteiger partial charge in [-0.05, 0) is 36.0 Å². The summed E-state index contributed by atoms with van der Waals surface area (Å²) in [6.07, 6.45) is 2.57. The predicted molar refractivity (Wildman–Crippen MR) is 83.6 cm³/mol. The van der Waals surface area contributed by atoms with Gasteiger partial charge in [0, 0.05) is 12.2 Å². The molecule has 1 aliphatic carbocycles. The number of carbonyl (C=O) groups is 1. The fourth-order valence-electron chi connectivity index (χ4n) is 3.02. The second-order valence-corrected chi connectivity index (χ2v) is 8.49. The number of fused-ring (bicyclic) bond motifs is 1. The first-order valence-corrected chi connectivity index (χ1v) is 9.50. The summed E-state index contributed by atoms with van der Waals surface area (Å²) in [5, 5.41) is 2.90. The largest absolute Gasteiger partial charge is 0.349 e. The van der Waals surface area contributed by atoms with E-state index >= 15 is 0 Å². The highest BCUT2D eigenvalue weighted by molar-refractivity contribution is 7.90. The molecular weight excluding hydrogens is 305 g/mol. The van der Waals surface area contributed by atoms with Crippen LogP contribution >= 0.6 is 0 Å². The van der Waals surface area contributed by atoms with E-state index in [0.717, 1.165) is 18.2 Å². The fraction of sp³-hybridized carbons (Fsp3) is 0.562. The molecule has 0 saturated carbocycles. The Labute approximate surface area is 131 Å². The molecule has 1 aliphatic rings. The maximum absolute atomic E-state index is 13.9. The molecule has 0 heterocycles. The predicted octanol–water partition coefficient (Wildman–Crippen LogP) is 2.25. The van der Waals surface area contributed by atoms with E-state index in [1.165, 1.54) is 6.07 Å². The minimum Gasteiger partial charge on any atom is -0.349 e. The SMILES string of the molecule is C[C@H](CS(C)(=O)=O)C(=O)N[C@H]1c2cccc(F)c2CC[C@H]1C. The highest BCUT2D eigenvalue weighted by Crippen LogP contribution is 2.35. The molecule has 2 rings (SSSR count). The first-order chi connectivity index (χ1) is 10.2. The zero-order valence-corrected chi connectivity index (χ0v) is 13.9. The molecule has 1 amide bonds. The molecule has 1 N–H and O–H groups in total. The summed E-state index contributed by atoms with van der Waals surface area (Å²) in [5.41, 5.74) is 1.46. The van der Waals surface area contributed by atoms with Crippen LogP contribution in [0, 0.1) is 17.7 Å². The van der Waals surface area contributed by atoms with Gasteiger partial charge < -0.3 is 5.32 Å². The number of halogens is 1. The van der Waals surface area contributed by atoms with E-state index in [9.17, 15) is 17.6 Å². The lowest BCUT2D eigenvalue weighted by atomic mass is 9.80. The fourth-order valence-corrected chi connectivity index (χ4v) is 4.08. The second-order valence-electron chi connectivity index (χ2n) is 6.30. The van der Waals surface area contributed by atoms with Gasteiger partial charge in [0.15, 0.2) is 0 Å². The zero-order valence-electron chi connectivity index (χ0n) is 13.1. The summed E-state index contributed by atoms with van der Waals surface area (Å²) in [4.78, 5) is 12.3. The Morgan fingerprint density at radius 3 is 2.77 bits per heavy atom. The van der Waals surface area contributed by atoms with Gasteiger partial charge in [-0.2, -0.15) is 0 Å². The van der Waals surface area contributed by atoms with Gasteiger partial charge in [-0.1, -0.05) is 26.0 Å². The molecule has 0 spiro atoms. The van der Waals surface area contributed by atoms with Crippen molar-refractivity contribution in [3.05, 3.63) is 35.1 Å². The summed E-state index contributed by atoms with van der Waals surface area (Å²) in [5.74, 6) is -1.17. The Balaban J connectivity index is 2.19. The van der Waals surface area contributed by atoms with E-state index in [4.69, 9.17) is 0 Å². The lowest BCUT2D eigenvalue weighted by molar-refractivity contribution is -0.125. The minimum absolute atomic E-state index is 0.184. The van der Waals surface area contributed by atoms with Gasteiger partial charge >= 0.3 is 0 Å². The van der Waals surface area contributed by atoms with E-state index in [1.807, 2.05) is 13.0 Å². The van der Waals surface area contributed by atoms with E-state index in [0.29, 0.717) is 12.0 Å². The van der Waals surface area contributed by atoms with Crippen LogP contribution in [0.1, 0.15) is 37.4 Å². The third-order valence-electron chi connectivity index (χ3n) is 4.21. The van der Waals surface area contributed by atoms with Crippen LogP contribution in [0.2, 0.25) is 0 Å². The average Bonchev–Trinajstić information content (AvgIpc) is 2.40. The van der Waals surface area contributed by atoms with Gasteiger partial charge in [0.1, 0.15) is 15.7 Å². The van der Waals surface area contributed by atoms with Crippen molar-refractivity contribution in [2.45, 2.75) is 32.7 Å². The van der Waals surface area contributed by atoms with Crippen molar-refractivity contribution < 1.29 is 17.6 Å². The van der Waals surface area contributed by atoms with E-state index in [-0.39, 0.29) is 29.4 Å². The first-order valence-electron chi connectivity index (χ1n) is 7.44. The van der Waals surface area contributed by atoms with Crippen molar-refractivity contribution in [1.82, 2.24) is 5.32 Å². The number of carbonyl (C=O) groups excluding carboxylic acids is 1. The molecule has 0 bridgehead atoms. The molecule has 0 aromatic heterocycles. The van der Waals surface area contributed by atoms with Crippen LogP contribution in [0.4, 0.5) is 4.39 Å². The molecule has 1 aromatic rings. The zero-order chi connectivity index (χ0) is 16.5. The summed E-state index contributed by atoms with van der Waals surface area (Å²) in [6, 6.07) is 4.64. The van der Waals surface area contributed by atoms with Gasteiger partial charge in [-0.3, -0.25) is 4.79 Å². The minimum atomic E-state index is -3.21. The number of sulfone groups is 1. The lowest BCUT2D eigenvalue weighted by Crippen LogP contribution is -2.40. The molecule has 22 heavy (non-hydrogen) atoms. The van der Waals surface area contributed by atoms with Gasteiger partial charge in [-0.15, -0.1) is 0 Å². The Kier molecular flexibility index (Phi) is 4.90. The molecule has 6 heteroatoms. The van der Waals surface area contributed by atoms with Gasteiger partial charge in [-0.25, -0.2) is 12.8 Å². The van der Waals surface area contributed by atoms with Crippen molar-refractivity contribution >= 4 is 15.7 Å². The molecular formula is C16H22FNO3S. The average molecular weight is 327 g/mol. The molecule has 0 unspecified atom stereocenters. The van der Waals surface area contributed by atoms with Crippen molar-refractivity contribution in [3.8, 4) is 0 Å². The Hall–Kier alpha value is -1.43. The number of nitrogens with one attached hydrogen (secondary N) is 1. The standard InChI is InChI=1S/C16H22FNO3S/c1-10-7-8-12-13(5-4-6-14(12)17)15(10)18-16(19)11(2)9-22(3,20)21/h4-6,10-11,15H,7-9H2,1-3H3,(H,18,19)/t10-,11-,15-/m1/s1. The smallest absolute Gasteiger partial charge is 0.224 e. The molecule has 0 saturated heterocycles. The number of rotatable bonds is 4. The van der Waals surface area contributed by atoms with Crippen LogP contribution < -0.4 is 5.32 Å². The number of hydrogen-bond donors (Lipinski definition) is 1. The molecule has 122 valence electrons. The normalized spacial score (nSPS) is 22.7. The van der Waals surface area contributed by atoms with Crippen LogP contribution in [0.3, 0.4) is 0 Å². The second kappa shape index (κ2) is 6.36. The van der Waals surface area contributed by atoms with Crippen LogP contribution in [-0.4, -0.2) is 26.3 Å². The van der Waals surface area contributed by atoms with Crippen molar-refractivity contribution in [1.29, 1.82) is 0 Å².